The number of nitro benzene ring substituents is 1. The van der Waals surface area contributed by atoms with Crippen molar-refractivity contribution in [2.45, 2.75) is 59.2 Å². The molecule has 12 heteroatoms. The smallest absolute Gasteiger partial charge is 0.435 e. The van der Waals surface area contributed by atoms with Crippen LogP contribution in [0.25, 0.3) is 0 Å². The Morgan fingerprint density at radius 3 is 2.50 bits per heavy atom. The van der Waals surface area contributed by atoms with Gasteiger partial charge in [0.05, 0.1) is 29.3 Å². The van der Waals surface area contributed by atoms with Crippen LogP contribution in [0.3, 0.4) is 0 Å². The fraction of sp³-hybridized carbons (Fsp3) is 0.455. The van der Waals surface area contributed by atoms with Gasteiger partial charge in [0, 0.05) is 23.3 Å². The molecule has 2 heterocycles. The van der Waals surface area contributed by atoms with Crippen molar-refractivity contribution in [1.29, 1.82) is 0 Å². The molecule has 0 bridgehead atoms. The van der Waals surface area contributed by atoms with Crippen LogP contribution in [0.2, 0.25) is 0 Å². The number of carbonyl (C=O) groups excluding carboxylic acids is 3. The normalized spacial score (nSPS) is 14.4. The van der Waals surface area contributed by atoms with Crippen LogP contribution in [0.4, 0.5) is 21.1 Å². The molecular formula is C22H27N5O7. The molecule has 1 aromatic heterocycles. The summed E-state index contributed by atoms with van der Waals surface area (Å²) in [5.74, 6) is -0.618. The third kappa shape index (κ3) is 4.70. The van der Waals surface area contributed by atoms with Gasteiger partial charge in [0.25, 0.3) is 11.6 Å². The van der Waals surface area contributed by atoms with Gasteiger partial charge in [0.1, 0.15) is 5.60 Å². The molecule has 1 aliphatic rings. The third-order valence-corrected chi connectivity index (χ3v) is 5.16. The lowest BCUT2D eigenvalue weighted by molar-refractivity contribution is -0.384. The average molecular weight is 473 g/mol. The molecule has 182 valence electrons. The number of nitrogens with one attached hydrogen (secondary N) is 1. The molecule has 0 radical (unpaired) electrons. The van der Waals surface area contributed by atoms with Crippen molar-refractivity contribution in [3.63, 3.8) is 0 Å². The molecular weight excluding hydrogens is 446 g/mol. The molecule has 0 unspecified atom stereocenters. The first kappa shape index (κ1) is 24.7. The molecule has 1 N–H and O–H groups in total. The lowest BCUT2D eigenvalue weighted by Crippen LogP contribution is -2.44. The number of aromatic nitrogens is 2. The van der Waals surface area contributed by atoms with E-state index in [-0.39, 0.29) is 30.2 Å². The Balaban J connectivity index is 2.02. The Hall–Kier alpha value is -3.96. The summed E-state index contributed by atoms with van der Waals surface area (Å²) in [5.41, 5.74) is -1.17. The number of fused-ring (bicyclic) bond motifs is 1. The summed E-state index contributed by atoms with van der Waals surface area (Å²) in [5, 5.41) is 17.9. The monoisotopic (exact) mass is 473 g/mol. The number of nitro groups is 1. The number of amides is 2. The highest BCUT2D eigenvalue weighted by Crippen LogP contribution is 2.43. The maximum absolute atomic E-state index is 12.9. The number of non-ortho nitro benzene ring substituents is 1. The second kappa shape index (κ2) is 8.76. The molecule has 0 spiro atoms. The van der Waals surface area contributed by atoms with Crippen LogP contribution in [0.5, 0.6) is 0 Å². The van der Waals surface area contributed by atoms with Gasteiger partial charge in [-0.2, -0.15) is 4.68 Å². The second-order valence-corrected chi connectivity index (χ2v) is 9.17. The first-order chi connectivity index (χ1) is 15.8. The van der Waals surface area contributed by atoms with Gasteiger partial charge in [-0.3, -0.25) is 19.8 Å². The van der Waals surface area contributed by atoms with Gasteiger partial charge in [0.15, 0.2) is 5.82 Å². The van der Waals surface area contributed by atoms with Crippen molar-refractivity contribution < 1.29 is 28.8 Å². The van der Waals surface area contributed by atoms with Crippen LogP contribution in [0.15, 0.2) is 24.3 Å². The summed E-state index contributed by atoms with van der Waals surface area (Å²) in [4.78, 5) is 50.3. The zero-order valence-electron chi connectivity index (χ0n) is 19.9. The Bertz CT molecular complexity index is 1160. The molecule has 1 aromatic carbocycles. The van der Waals surface area contributed by atoms with E-state index in [1.54, 1.807) is 41.5 Å². The largest absolute Gasteiger partial charge is 0.448 e. The van der Waals surface area contributed by atoms with E-state index in [4.69, 9.17) is 9.47 Å². The first-order valence-electron chi connectivity index (χ1n) is 10.6. The van der Waals surface area contributed by atoms with E-state index in [0.29, 0.717) is 11.3 Å². The molecule has 2 amide bonds. The Kier molecular flexibility index (Phi) is 6.36. The molecule has 0 fully saturated rings. The van der Waals surface area contributed by atoms with Gasteiger partial charge in [-0.05, 0) is 47.6 Å². The maximum atomic E-state index is 12.9. The van der Waals surface area contributed by atoms with Crippen LogP contribution in [0.1, 0.15) is 63.2 Å². The average Bonchev–Trinajstić information content (AvgIpc) is 3.22. The van der Waals surface area contributed by atoms with Crippen LogP contribution in [-0.2, 0) is 21.6 Å². The van der Waals surface area contributed by atoms with Crippen LogP contribution in [0, 0.1) is 10.1 Å². The van der Waals surface area contributed by atoms with E-state index in [1.165, 1.54) is 23.1 Å². The van der Waals surface area contributed by atoms with Gasteiger partial charge < -0.3 is 14.8 Å². The number of rotatable bonds is 4. The van der Waals surface area contributed by atoms with Gasteiger partial charge in [0.2, 0.25) is 0 Å². The first-order valence-corrected chi connectivity index (χ1v) is 10.6. The van der Waals surface area contributed by atoms with E-state index in [2.05, 4.69) is 10.4 Å². The number of nitrogens with zero attached hydrogens (tertiary/aromatic N) is 4. The summed E-state index contributed by atoms with van der Waals surface area (Å²) in [6.07, 6.45) is -1.37. The Morgan fingerprint density at radius 2 is 1.91 bits per heavy atom. The summed E-state index contributed by atoms with van der Waals surface area (Å²) in [7, 11) is 0. The lowest BCUT2D eigenvalue weighted by Gasteiger charge is -2.34. The minimum Gasteiger partial charge on any atom is -0.448 e. The van der Waals surface area contributed by atoms with Crippen molar-refractivity contribution in [2.75, 3.05) is 11.9 Å². The molecule has 0 atom stereocenters. The van der Waals surface area contributed by atoms with E-state index in [9.17, 15) is 24.5 Å². The molecule has 34 heavy (non-hydrogen) atoms. The van der Waals surface area contributed by atoms with Gasteiger partial charge in [-0.25, -0.2) is 9.59 Å². The van der Waals surface area contributed by atoms with Crippen LogP contribution in [-0.4, -0.2) is 49.9 Å². The third-order valence-electron chi connectivity index (χ3n) is 5.16. The Morgan fingerprint density at radius 1 is 1.24 bits per heavy atom. The fourth-order valence-corrected chi connectivity index (χ4v) is 3.68. The highest BCUT2D eigenvalue weighted by Gasteiger charge is 2.48. The van der Waals surface area contributed by atoms with Gasteiger partial charge in [-0.15, -0.1) is 5.10 Å². The summed E-state index contributed by atoms with van der Waals surface area (Å²) < 4.78 is 11.6. The summed E-state index contributed by atoms with van der Waals surface area (Å²) in [6.45, 7) is 10.4. The predicted molar refractivity (Wildman–Crippen MR) is 120 cm³/mol. The number of hydrogen-bond acceptors (Lipinski definition) is 8. The molecule has 0 aliphatic carbocycles. The highest BCUT2D eigenvalue weighted by atomic mass is 16.6. The van der Waals surface area contributed by atoms with Crippen molar-refractivity contribution >= 4 is 29.6 Å². The minimum atomic E-state index is -1.02. The van der Waals surface area contributed by atoms with Crippen LogP contribution < -0.4 is 5.32 Å². The number of benzene rings is 1. The quantitative estimate of drug-likeness (QED) is 0.517. The van der Waals surface area contributed by atoms with E-state index < -0.39 is 34.2 Å². The van der Waals surface area contributed by atoms with Gasteiger partial charge >= 0.3 is 12.2 Å². The molecule has 3 rings (SSSR count). The Labute approximate surface area is 196 Å². The second-order valence-electron chi connectivity index (χ2n) is 9.17. The van der Waals surface area contributed by atoms with E-state index >= 15 is 0 Å². The van der Waals surface area contributed by atoms with E-state index in [0.717, 1.165) is 10.7 Å². The van der Waals surface area contributed by atoms with Crippen LogP contribution >= 0.6 is 0 Å². The fourth-order valence-electron chi connectivity index (χ4n) is 3.68. The molecule has 1 aliphatic heterocycles. The molecule has 0 saturated heterocycles. The number of hydrogen-bond donors (Lipinski definition) is 1. The lowest BCUT2D eigenvalue weighted by atomic mass is 10.0. The summed E-state index contributed by atoms with van der Waals surface area (Å²) >= 11 is 0. The van der Waals surface area contributed by atoms with Crippen molar-refractivity contribution in [1.82, 2.24) is 14.7 Å². The predicted octanol–water partition coefficient (Wildman–Crippen LogP) is 4.03. The van der Waals surface area contributed by atoms with Gasteiger partial charge in [-0.1, -0.05) is 6.07 Å². The minimum absolute atomic E-state index is 0.0151. The number of carbonyl (C=O) groups is 3. The maximum Gasteiger partial charge on any atom is 0.435 e. The topological polar surface area (TPSA) is 146 Å². The number of ether oxygens (including phenoxy) is 2. The van der Waals surface area contributed by atoms with Crippen molar-refractivity contribution in [2.24, 2.45) is 0 Å². The highest BCUT2D eigenvalue weighted by molar-refractivity contribution is 6.04. The standard InChI is InChI=1S/C22H27N5O7/c1-7-33-20(30)26-16-15(12-25(22(16,5)6)19(29)34-21(2,3)4)17(24-26)23-18(28)13-9-8-10-14(11-13)27(31)32/h8-11H,7,12H2,1-6H3,(H,23,24,28). The molecule has 2 aromatic rings. The molecule has 0 saturated carbocycles. The summed E-state index contributed by atoms with van der Waals surface area (Å²) in [6, 6.07) is 5.21. The SMILES string of the molecule is CCOC(=O)n1nc(NC(=O)c2cccc([N+](=O)[O-])c2)c2c1C(C)(C)N(C(=O)OC(C)(C)C)C2. The van der Waals surface area contributed by atoms with Crippen molar-refractivity contribution in [3.05, 3.63) is 51.2 Å². The van der Waals surface area contributed by atoms with Crippen molar-refractivity contribution in [3.8, 4) is 0 Å². The zero-order valence-corrected chi connectivity index (χ0v) is 19.9. The number of anilines is 1. The molecule has 12 nitrogen and oxygen atoms in total. The van der Waals surface area contributed by atoms with E-state index in [1.807, 2.05) is 0 Å². The zero-order chi connectivity index (χ0) is 25.4.